The van der Waals surface area contributed by atoms with Crippen LogP contribution in [0.4, 0.5) is 0 Å². The summed E-state index contributed by atoms with van der Waals surface area (Å²) >= 11 is 0. The minimum atomic E-state index is -0.613. The van der Waals surface area contributed by atoms with E-state index in [1.165, 1.54) is 0 Å². The number of rotatable bonds is 5. The number of carbonyl (C=O) groups excluding carboxylic acids is 2. The molecule has 27 heavy (non-hydrogen) atoms. The Balaban J connectivity index is 1.78. The zero-order valence-electron chi connectivity index (χ0n) is 15.8. The van der Waals surface area contributed by atoms with Gasteiger partial charge in [0, 0.05) is 25.1 Å². The van der Waals surface area contributed by atoms with E-state index in [1.807, 2.05) is 62.4 Å². The van der Waals surface area contributed by atoms with E-state index in [1.54, 1.807) is 17.0 Å². The average molecular weight is 366 g/mol. The Bertz CT molecular complexity index is 754. The zero-order chi connectivity index (χ0) is 19.2. The molecule has 2 amide bonds. The SMILES string of the molecule is C[C@@H]1CN(C(=O)[C@H](Cc2ccccc2)NC(=O)c2ccccc2)C[C@@H](C)O1. The maximum Gasteiger partial charge on any atom is 0.251 e. The van der Waals surface area contributed by atoms with Gasteiger partial charge in [-0.05, 0) is 31.5 Å². The average Bonchev–Trinajstić information content (AvgIpc) is 2.67. The summed E-state index contributed by atoms with van der Waals surface area (Å²) in [6, 6.07) is 18.1. The Morgan fingerprint density at radius 3 is 2.15 bits per heavy atom. The van der Waals surface area contributed by atoms with Crippen LogP contribution in [0.1, 0.15) is 29.8 Å². The molecule has 1 N–H and O–H groups in total. The molecule has 0 spiro atoms. The van der Waals surface area contributed by atoms with Crippen LogP contribution >= 0.6 is 0 Å². The van der Waals surface area contributed by atoms with Crippen LogP contribution in [-0.4, -0.2) is 48.1 Å². The number of hydrogen-bond acceptors (Lipinski definition) is 3. The predicted molar refractivity (Wildman–Crippen MR) is 104 cm³/mol. The number of hydrogen-bond donors (Lipinski definition) is 1. The van der Waals surface area contributed by atoms with Gasteiger partial charge in [-0.2, -0.15) is 0 Å². The van der Waals surface area contributed by atoms with E-state index in [0.29, 0.717) is 25.1 Å². The number of amides is 2. The Hall–Kier alpha value is -2.66. The highest BCUT2D eigenvalue weighted by molar-refractivity contribution is 5.97. The maximum absolute atomic E-state index is 13.2. The van der Waals surface area contributed by atoms with Gasteiger partial charge in [-0.15, -0.1) is 0 Å². The van der Waals surface area contributed by atoms with E-state index in [4.69, 9.17) is 4.74 Å². The molecule has 2 aromatic carbocycles. The Labute approximate surface area is 160 Å². The Kier molecular flexibility index (Phi) is 6.24. The van der Waals surface area contributed by atoms with Gasteiger partial charge < -0.3 is 15.0 Å². The van der Waals surface area contributed by atoms with Crippen molar-refractivity contribution in [2.75, 3.05) is 13.1 Å². The fourth-order valence-electron chi connectivity index (χ4n) is 3.46. The van der Waals surface area contributed by atoms with Crippen molar-refractivity contribution in [2.24, 2.45) is 0 Å². The topological polar surface area (TPSA) is 58.6 Å². The first kappa shape index (κ1) is 19.1. The first-order chi connectivity index (χ1) is 13.0. The molecule has 1 saturated heterocycles. The largest absolute Gasteiger partial charge is 0.372 e. The van der Waals surface area contributed by atoms with Crippen LogP contribution in [0.5, 0.6) is 0 Å². The summed E-state index contributed by atoms with van der Waals surface area (Å²) in [6.45, 7) is 5.00. The summed E-state index contributed by atoms with van der Waals surface area (Å²) in [5, 5.41) is 2.94. The molecule has 1 heterocycles. The van der Waals surface area contributed by atoms with E-state index in [2.05, 4.69) is 5.32 Å². The number of ether oxygens (including phenoxy) is 1. The predicted octanol–water partition coefficient (Wildman–Crippen LogP) is 2.66. The van der Waals surface area contributed by atoms with Crippen LogP contribution in [0.25, 0.3) is 0 Å². The van der Waals surface area contributed by atoms with Gasteiger partial charge in [0.05, 0.1) is 12.2 Å². The molecule has 1 fully saturated rings. The molecule has 0 bridgehead atoms. The summed E-state index contributed by atoms with van der Waals surface area (Å²) in [6.07, 6.45) is 0.429. The monoisotopic (exact) mass is 366 g/mol. The molecule has 1 aliphatic heterocycles. The number of morpholine rings is 1. The molecule has 0 unspecified atom stereocenters. The quantitative estimate of drug-likeness (QED) is 0.885. The van der Waals surface area contributed by atoms with Crippen LogP contribution < -0.4 is 5.32 Å². The van der Waals surface area contributed by atoms with Crippen molar-refractivity contribution in [1.29, 1.82) is 0 Å². The highest BCUT2D eigenvalue weighted by Gasteiger charge is 2.31. The number of nitrogens with one attached hydrogen (secondary N) is 1. The molecular formula is C22H26N2O3. The van der Waals surface area contributed by atoms with Crippen LogP contribution in [0.2, 0.25) is 0 Å². The molecule has 5 nitrogen and oxygen atoms in total. The smallest absolute Gasteiger partial charge is 0.251 e. The summed E-state index contributed by atoms with van der Waals surface area (Å²) in [5.74, 6) is -0.302. The second-order valence-corrected chi connectivity index (χ2v) is 7.08. The lowest BCUT2D eigenvalue weighted by atomic mass is 10.0. The minimum absolute atomic E-state index is 0.0140. The van der Waals surface area contributed by atoms with Gasteiger partial charge in [0.15, 0.2) is 0 Å². The summed E-state index contributed by atoms with van der Waals surface area (Å²) in [5.41, 5.74) is 1.56. The van der Waals surface area contributed by atoms with Gasteiger partial charge in [-0.3, -0.25) is 9.59 Å². The zero-order valence-corrected chi connectivity index (χ0v) is 15.8. The summed E-state index contributed by atoms with van der Waals surface area (Å²) in [4.78, 5) is 27.7. The molecular weight excluding hydrogens is 340 g/mol. The standard InChI is InChI=1S/C22H26N2O3/c1-16-14-24(15-17(2)27-16)22(26)20(13-18-9-5-3-6-10-18)23-21(25)19-11-7-4-8-12-19/h3-12,16-17,20H,13-15H2,1-2H3,(H,23,25)/t16-,17-,20+/m1/s1. The van der Waals surface area contributed by atoms with Crippen molar-refractivity contribution in [3.05, 3.63) is 71.8 Å². The fraction of sp³-hybridized carbons (Fsp3) is 0.364. The first-order valence-corrected chi connectivity index (χ1v) is 9.37. The second-order valence-electron chi connectivity index (χ2n) is 7.08. The third-order valence-corrected chi connectivity index (χ3v) is 4.65. The summed E-state index contributed by atoms with van der Waals surface area (Å²) < 4.78 is 5.73. The third-order valence-electron chi connectivity index (χ3n) is 4.65. The van der Waals surface area contributed by atoms with Crippen molar-refractivity contribution < 1.29 is 14.3 Å². The van der Waals surface area contributed by atoms with Crippen molar-refractivity contribution in [1.82, 2.24) is 10.2 Å². The van der Waals surface area contributed by atoms with Crippen molar-refractivity contribution in [3.8, 4) is 0 Å². The molecule has 0 saturated carbocycles. The van der Waals surface area contributed by atoms with E-state index in [0.717, 1.165) is 5.56 Å². The van der Waals surface area contributed by atoms with Crippen LogP contribution in [0.15, 0.2) is 60.7 Å². The summed E-state index contributed by atoms with van der Waals surface area (Å²) in [7, 11) is 0. The highest BCUT2D eigenvalue weighted by Crippen LogP contribution is 2.14. The van der Waals surface area contributed by atoms with Gasteiger partial charge in [-0.25, -0.2) is 0 Å². The molecule has 0 radical (unpaired) electrons. The maximum atomic E-state index is 13.2. The van der Waals surface area contributed by atoms with Crippen LogP contribution in [0, 0.1) is 0 Å². The molecule has 0 aromatic heterocycles. The van der Waals surface area contributed by atoms with Gasteiger partial charge in [0.1, 0.15) is 6.04 Å². The lowest BCUT2D eigenvalue weighted by Gasteiger charge is -2.37. The molecule has 3 rings (SSSR count). The normalized spacial score (nSPS) is 20.7. The van der Waals surface area contributed by atoms with Crippen LogP contribution in [0.3, 0.4) is 0 Å². The number of nitrogens with zero attached hydrogens (tertiary/aromatic N) is 1. The van der Waals surface area contributed by atoms with Crippen LogP contribution in [-0.2, 0) is 16.0 Å². The Morgan fingerprint density at radius 2 is 1.56 bits per heavy atom. The van der Waals surface area contributed by atoms with E-state index in [9.17, 15) is 9.59 Å². The van der Waals surface area contributed by atoms with Gasteiger partial charge >= 0.3 is 0 Å². The van der Waals surface area contributed by atoms with Crippen molar-refractivity contribution in [2.45, 2.75) is 38.5 Å². The van der Waals surface area contributed by atoms with E-state index in [-0.39, 0.29) is 24.0 Å². The number of carbonyl (C=O) groups is 2. The van der Waals surface area contributed by atoms with Crippen molar-refractivity contribution in [3.63, 3.8) is 0 Å². The lowest BCUT2D eigenvalue weighted by molar-refractivity contribution is -0.145. The Morgan fingerprint density at radius 1 is 1.00 bits per heavy atom. The molecule has 0 aliphatic carbocycles. The third kappa shape index (κ3) is 5.17. The molecule has 5 heteroatoms. The molecule has 2 aromatic rings. The number of benzene rings is 2. The molecule has 142 valence electrons. The first-order valence-electron chi connectivity index (χ1n) is 9.37. The molecule has 1 aliphatic rings. The minimum Gasteiger partial charge on any atom is -0.372 e. The fourth-order valence-corrected chi connectivity index (χ4v) is 3.46. The van der Waals surface area contributed by atoms with Gasteiger partial charge in [0.25, 0.3) is 5.91 Å². The molecule has 3 atom stereocenters. The van der Waals surface area contributed by atoms with Gasteiger partial charge in [-0.1, -0.05) is 48.5 Å². The lowest BCUT2D eigenvalue weighted by Crippen LogP contribution is -2.55. The van der Waals surface area contributed by atoms with E-state index < -0.39 is 6.04 Å². The van der Waals surface area contributed by atoms with E-state index >= 15 is 0 Å². The van der Waals surface area contributed by atoms with Crippen molar-refractivity contribution >= 4 is 11.8 Å². The highest BCUT2D eigenvalue weighted by atomic mass is 16.5. The van der Waals surface area contributed by atoms with Gasteiger partial charge in [0.2, 0.25) is 5.91 Å². The second kappa shape index (κ2) is 8.82.